The SMILES string of the molecule is COc1ccc2c3c(cnc2n1)N(CC(F)(F)F)CCN3Cc1c(F)cc(S(N)(=O)=O)cc1F. The van der Waals surface area contributed by atoms with Crippen LogP contribution >= 0.6 is 0 Å². The molecule has 0 saturated heterocycles. The number of rotatable bonds is 5. The van der Waals surface area contributed by atoms with Gasteiger partial charge in [0.25, 0.3) is 0 Å². The van der Waals surface area contributed by atoms with Crippen LogP contribution in [0.15, 0.2) is 35.4 Å². The number of methoxy groups -OCH3 is 1. The summed E-state index contributed by atoms with van der Waals surface area (Å²) in [6, 6.07) is 4.25. The topological polar surface area (TPSA) is 102 Å². The summed E-state index contributed by atoms with van der Waals surface area (Å²) in [7, 11) is -2.95. The van der Waals surface area contributed by atoms with Crippen molar-refractivity contribution in [1.29, 1.82) is 0 Å². The molecule has 0 aliphatic carbocycles. The molecular formula is C20H18F5N5O3S. The molecule has 0 spiro atoms. The van der Waals surface area contributed by atoms with Crippen LogP contribution in [-0.2, 0) is 16.6 Å². The number of nitrogens with zero attached hydrogens (tertiary/aromatic N) is 4. The van der Waals surface area contributed by atoms with E-state index in [-0.39, 0.29) is 42.5 Å². The summed E-state index contributed by atoms with van der Waals surface area (Å²) < 4.78 is 96.9. The number of primary sulfonamides is 1. The zero-order valence-corrected chi connectivity index (χ0v) is 18.4. The molecule has 0 radical (unpaired) electrons. The molecule has 2 aromatic heterocycles. The number of anilines is 2. The first-order valence-corrected chi connectivity index (χ1v) is 11.3. The number of pyridine rings is 2. The Balaban J connectivity index is 1.83. The third kappa shape index (κ3) is 4.68. The largest absolute Gasteiger partial charge is 0.481 e. The van der Waals surface area contributed by atoms with Crippen molar-refractivity contribution in [3.63, 3.8) is 0 Å². The van der Waals surface area contributed by atoms with Gasteiger partial charge in [0.15, 0.2) is 5.65 Å². The van der Waals surface area contributed by atoms with E-state index < -0.39 is 44.8 Å². The Kier molecular flexibility index (Phi) is 5.97. The molecule has 0 bridgehead atoms. The molecule has 4 rings (SSSR count). The van der Waals surface area contributed by atoms with Gasteiger partial charge in [-0.3, -0.25) is 0 Å². The van der Waals surface area contributed by atoms with Crippen LogP contribution in [-0.4, -0.2) is 51.3 Å². The van der Waals surface area contributed by atoms with Crippen molar-refractivity contribution in [1.82, 2.24) is 9.97 Å². The Bertz CT molecular complexity index is 1340. The third-order valence-corrected chi connectivity index (χ3v) is 6.22. The van der Waals surface area contributed by atoms with Crippen molar-refractivity contribution in [2.75, 3.05) is 36.5 Å². The van der Waals surface area contributed by atoms with E-state index >= 15 is 0 Å². The fourth-order valence-corrected chi connectivity index (χ4v) is 4.35. The molecule has 0 saturated carbocycles. The molecule has 1 aliphatic rings. The Morgan fingerprint density at radius 3 is 2.35 bits per heavy atom. The summed E-state index contributed by atoms with van der Waals surface area (Å²) in [5.74, 6) is -2.08. The average molecular weight is 503 g/mol. The summed E-state index contributed by atoms with van der Waals surface area (Å²) in [4.78, 5) is 10.2. The molecule has 1 aliphatic heterocycles. The number of ether oxygens (including phenoxy) is 1. The minimum atomic E-state index is -4.49. The number of hydrogen-bond donors (Lipinski definition) is 1. The third-order valence-electron chi connectivity index (χ3n) is 5.32. The molecule has 0 amide bonds. The highest BCUT2D eigenvalue weighted by Crippen LogP contribution is 2.40. The second-order valence-corrected chi connectivity index (χ2v) is 9.15. The highest BCUT2D eigenvalue weighted by molar-refractivity contribution is 7.89. The van der Waals surface area contributed by atoms with Crippen LogP contribution < -0.4 is 19.7 Å². The number of aromatic nitrogens is 2. The first kappa shape index (κ1) is 23.9. The number of halogens is 5. The standard InChI is InChI=1S/C20H18F5N5O3S/c1-33-17-3-2-12-18-16(8-27-19(12)28-17)30(10-20(23,24)25)5-4-29(18)9-13-14(21)6-11(7-15(13)22)34(26,31)32/h2-3,6-8H,4-5,9-10H2,1H3,(H2,26,31,32). The molecule has 0 atom stereocenters. The highest BCUT2D eigenvalue weighted by Gasteiger charge is 2.35. The normalized spacial score (nSPS) is 14.4. The molecule has 2 N–H and O–H groups in total. The second kappa shape index (κ2) is 8.51. The second-order valence-electron chi connectivity index (χ2n) is 7.59. The van der Waals surface area contributed by atoms with E-state index in [1.54, 1.807) is 6.07 Å². The van der Waals surface area contributed by atoms with Gasteiger partial charge < -0.3 is 14.5 Å². The van der Waals surface area contributed by atoms with Gasteiger partial charge >= 0.3 is 6.18 Å². The van der Waals surface area contributed by atoms with E-state index in [4.69, 9.17) is 9.88 Å². The smallest absolute Gasteiger partial charge is 0.405 e. The number of fused-ring (bicyclic) bond motifs is 3. The zero-order valence-electron chi connectivity index (χ0n) is 17.6. The lowest BCUT2D eigenvalue weighted by Crippen LogP contribution is -2.45. The molecule has 1 aromatic carbocycles. The fourth-order valence-electron chi connectivity index (χ4n) is 3.81. The van der Waals surface area contributed by atoms with Crippen LogP contribution in [0.4, 0.5) is 33.3 Å². The molecular weight excluding hydrogens is 485 g/mol. The minimum Gasteiger partial charge on any atom is -0.481 e. The zero-order chi connectivity index (χ0) is 24.8. The summed E-state index contributed by atoms with van der Waals surface area (Å²) in [5.41, 5.74) is 0.0755. The average Bonchev–Trinajstić information content (AvgIpc) is 2.74. The molecule has 182 valence electrons. The number of benzene rings is 1. The maximum atomic E-state index is 14.7. The first-order chi connectivity index (χ1) is 15.9. The maximum Gasteiger partial charge on any atom is 0.405 e. The van der Waals surface area contributed by atoms with Gasteiger partial charge in [-0.15, -0.1) is 0 Å². The molecule has 3 heterocycles. The Morgan fingerprint density at radius 1 is 1.12 bits per heavy atom. The van der Waals surface area contributed by atoms with Gasteiger partial charge in [-0.25, -0.2) is 27.3 Å². The lowest BCUT2D eigenvalue weighted by molar-refractivity contribution is -0.119. The van der Waals surface area contributed by atoms with Crippen LogP contribution in [0.3, 0.4) is 0 Å². The van der Waals surface area contributed by atoms with Crippen LogP contribution in [0.25, 0.3) is 11.0 Å². The summed E-state index contributed by atoms with van der Waals surface area (Å²) >= 11 is 0. The van der Waals surface area contributed by atoms with Crippen LogP contribution in [0.1, 0.15) is 5.56 Å². The fraction of sp³-hybridized carbons (Fsp3) is 0.300. The quantitative estimate of drug-likeness (QED) is 0.535. The lowest BCUT2D eigenvalue weighted by atomic mass is 10.1. The van der Waals surface area contributed by atoms with Crippen LogP contribution in [0.5, 0.6) is 5.88 Å². The molecule has 34 heavy (non-hydrogen) atoms. The molecule has 3 aromatic rings. The Morgan fingerprint density at radius 2 is 1.76 bits per heavy atom. The van der Waals surface area contributed by atoms with Crippen LogP contribution in [0.2, 0.25) is 0 Å². The monoisotopic (exact) mass is 503 g/mol. The van der Waals surface area contributed by atoms with E-state index in [2.05, 4.69) is 9.97 Å². The van der Waals surface area contributed by atoms with Crippen molar-refractivity contribution in [3.8, 4) is 5.88 Å². The molecule has 14 heteroatoms. The molecule has 0 fully saturated rings. The van der Waals surface area contributed by atoms with E-state index in [9.17, 15) is 30.4 Å². The predicted molar refractivity (Wildman–Crippen MR) is 113 cm³/mol. The van der Waals surface area contributed by atoms with Gasteiger partial charge in [-0.05, 0) is 18.2 Å². The van der Waals surface area contributed by atoms with Crippen molar-refractivity contribution in [2.24, 2.45) is 5.14 Å². The number of hydrogen-bond acceptors (Lipinski definition) is 7. The Hall–Kier alpha value is -3.26. The van der Waals surface area contributed by atoms with E-state index in [1.807, 2.05) is 0 Å². The van der Waals surface area contributed by atoms with Gasteiger partial charge in [0.2, 0.25) is 15.9 Å². The Labute approximate surface area is 190 Å². The number of nitrogens with two attached hydrogens (primary N) is 1. The van der Waals surface area contributed by atoms with E-state index in [0.717, 1.165) is 4.90 Å². The van der Waals surface area contributed by atoms with Gasteiger partial charge in [0.1, 0.15) is 18.2 Å². The van der Waals surface area contributed by atoms with Crippen LogP contribution in [0, 0.1) is 11.6 Å². The van der Waals surface area contributed by atoms with E-state index in [0.29, 0.717) is 17.5 Å². The summed E-state index contributed by atoms with van der Waals surface area (Å²) in [5, 5.41) is 5.30. The van der Waals surface area contributed by atoms with Gasteiger partial charge in [0, 0.05) is 36.7 Å². The molecule has 0 unspecified atom stereocenters. The number of alkyl halides is 3. The highest BCUT2D eigenvalue weighted by atomic mass is 32.2. The molecule has 8 nitrogen and oxygen atoms in total. The first-order valence-electron chi connectivity index (χ1n) is 9.78. The van der Waals surface area contributed by atoms with Crippen molar-refractivity contribution < 1.29 is 35.1 Å². The number of sulfonamides is 1. The maximum absolute atomic E-state index is 14.7. The van der Waals surface area contributed by atoms with Gasteiger partial charge in [-0.2, -0.15) is 18.2 Å². The van der Waals surface area contributed by atoms with Crippen molar-refractivity contribution >= 4 is 32.4 Å². The summed E-state index contributed by atoms with van der Waals surface area (Å²) in [6.07, 6.45) is -3.27. The van der Waals surface area contributed by atoms with Gasteiger partial charge in [-0.1, -0.05) is 0 Å². The predicted octanol–water partition coefficient (Wildman–Crippen LogP) is 2.95. The van der Waals surface area contributed by atoms with Crippen molar-refractivity contribution in [3.05, 3.63) is 47.7 Å². The van der Waals surface area contributed by atoms with E-state index in [1.165, 1.54) is 24.3 Å². The van der Waals surface area contributed by atoms with Gasteiger partial charge in [0.05, 0.1) is 29.6 Å². The summed E-state index contributed by atoms with van der Waals surface area (Å²) in [6.45, 7) is -1.73. The minimum absolute atomic E-state index is 0.00988. The van der Waals surface area contributed by atoms with Crippen molar-refractivity contribution in [2.45, 2.75) is 17.6 Å². The lowest BCUT2D eigenvalue weighted by Gasteiger charge is -2.39.